The number of hydrogen-bond donors (Lipinski definition) is 1. The lowest BCUT2D eigenvalue weighted by Gasteiger charge is -2.22. The van der Waals surface area contributed by atoms with Gasteiger partial charge in [-0.15, -0.1) is 0 Å². The van der Waals surface area contributed by atoms with Crippen molar-refractivity contribution in [3.05, 3.63) is 65.0 Å². The van der Waals surface area contributed by atoms with Gasteiger partial charge in [0.1, 0.15) is 0 Å². The molecule has 1 aliphatic carbocycles. The number of aromatic nitrogens is 2. The van der Waals surface area contributed by atoms with Crippen LogP contribution >= 0.6 is 0 Å². The van der Waals surface area contributed by atoms with E-state index in [0.29, 0.717) is 12.0 Å². The third kappa shape index (κ3) is 3.33. The van der Waals surface area contributed by atoms with Crippen molar-refractivity contribution in [2.24, 2.45) is 5.73 Å². The van der Waals surface area contributed by atoms with Crippen molar-refractivity contribution in [3.8, 4) is 22.5 Å². The molecule has 152 valence electrons. The Kier molecular flexibility index (Phi) is 4.71. The number of pyridine rings is 2. The van der Waals surface area contributed by atoms with Crippen LogP contribution in [-0.4, -0.2) is 42.2 Å². The van der Waals surface area contributed by atoms with E-state index >= 15 is 0 Å². The zero-order chi connectivity index (χ0) is 20.7. The topological polar surface area (TPSA) is 81.3 Å². The van der Waals surface area contributed by atoms with Crippen molar-refractivity contribution in [1.29, 1.82) is 0 Å². The van der Waals surface area contributed by atoms with Crippen molar-refractivity contribution >= 4 is 11.6 Å². The lowest BCUT2D eigenvalue weighted by molar-refractivity contribution is 0.0999. The van der Waals surface area contributed by atoms with Crippen LogP contribution in [0, 0.1) is 6.92 Å². The van der Waals surface area contributed by atoms with Crippen molar-refractivity contribution < 1.29 is 9.53 Å². The fourth-order valence-corrected chi connectivity index (χ4v) is 4.31. The van der Waals surface area contributed by atoms with Crippen LogP contribution in [0.1, 0.15) is 33.6 Å². The molecule has 0 unspecified atom stereocenters. The van der Waals surface area contributed by atoms with Gasteiger partial charge in [0.15, 0.2) is 0 Å². The first-order valence-electron chi connectivity index (χ1n) is 10.3. The second kappa shape index (κ2) is 7.54. The molecule has 0 atom stereocenters. The van der Waals surface area contributed by atoms with E-state index in [1.807, 2.05) is 19.1 Å². The first-order valence-corrected chi connectivity index (χ1v) is 10.3. The molecule has 6 heteroatoms. The highest BCUT2D eigenvalue weighted by Crippen LogP contribution is 2.40. The van der Waals surface area contributed by atoms with E-state index in [2.05, 4.69) is 28.1 Å². The van der Waals surface area contributed by atoms with Crippen LogP contribution in [-0.2, 0) is 11.2 Å². The number of benzene rings is 1. The summed E-state index contributed by atoms with van der Waals surface area (Å²) >= 11 is 0. The highest BCUT2D eigenvalue weighted by atomic mass is 16.5. The van der Waals surface area contributed by atoms with E-state index in [4.69, 9.17) is 15.5 Å². The summed E-state index contributed by atoms with van der Waals surface area (Å²) in [5.41, 5.74) is 14.0. The summed E-state index contributed by atoms with van der Waals surface area (Å²) in [4.78, 5) is 23.9. The number of nitrogens with two attached hydrogens (primary N) is 1. The third-order valence-corrected chi connectivity index (χ3v) is 5.90. The van der Waals surface area contributed by atoms with E-state index in [0.717, 1.165) is 66.5 Å². The Labute approximate surface area is 175 Å². The molecule has 3 aromatic rings. The van der Waals surface area contributed by atoms with E-state index in [1.54, 1.807) is 12.3 Å². The zero-order valence-electron chi connectivity index (χ0n) is 17.0. The Morgan fingerprint density at radius 1 is 1.13 bits per heavy atom. The molecule has 0 bridgehead atoms. The molecule has 2 aromatic heterocycles. The molecule has 30 heavy (non-hydrogen) atoms. The van der Waals surface area contributed by atoms with Crippen LogP contribution in [0.2, 0.25) is 0 Å². The Bertz CT molecular complexity index is 1120. The summed E-state index contributed by atoms with van der Waals surface area (Å²) < 4.78 is 5.59. The van der Waals surface area contributed by atoms with Crippen LogP contribution < -0.4 is 10.6 Å². The number of amides is 1. The Balaban J connectivity index is 1.57. The number of ether oxygens (including phenoxy) is 1. The number of primary amides is 1. The number of nitrogens with zero attached hydrogens (tertiary/aromatic N) is 3. The molecule has 0 radical (unpaired) electrons. The normalized spacial score (nSPS) is 15.4. The quantitative estimate of drug-likeness (QED) is 0.570. The van der Waals surface area contributed by atoms with Gasteiger partial charge >= 0.3 is 0 Å². The summed E-state index contributed by atoms with van der Waals surface area (Å²) in [6.07, 6.45) is 3.48. The van der Waals surface area contributed by atoms with Crippen LogP contribution in [0.15, 0.2) is 42.6 Å². The average Bonchev–Trinajstić information content (AvgIpc) is 2.91. The molecule has 0 saturated carbocycles. The van der Waals surface area contributed by atoms with Crippen molar-refractivity contribution in [2.75, 3.05) is 31.2 Å². The molecule has 2 aliphatic rings. The lowest BCUT2D eigenvalue weighted by Crippen LogP contribution is -2.25. The molecule has 5 rings (SSSR count). The predicted octanol–water partition coefficient (Wildman–Crippen LogP) is 3.35. The maximum absolute atomic E-state index is 12.3. The number of aryl methyl sites for hydroxylation is 1. The Morgan fingerprint density at radius 2 is 2.03 bits per heavy atom. The van der Waals surface area contributed by atoms with Crippen molar-refractivity contribution in [3.63, 3.8) is 0 Å². The molecular weight excluding hydrogens is 376 g/mol. The van der Waals surface area contributed by atoms with Gasteiger partial charge in [-0.1, -0.05) is 6.07 Å². The van der Waals surface area contributed by atoms with Gasteiger partial charge in [0.05, 0.1) is 18.0 Å². The fraction of sp³-hybridized carbons (Fsp3) is 0.292. The minimum absolute atomic E-state index is 0.423. The minimum atomic E-state index is -0.423. The van der Waals surface area contributed by atoms with Gasteiger partial charge in [-0.3, -0.25) is 9.78 Å². The maximum atomic E-state index is 12.3. The number of fused-ring (bicyclic) bond motifs is 3. The molecule has 0 spiro atoms. The largest absolute Gasteiger partial charge is 0.380 e. The second-order valence-corrected chi connectivity index (χ2v) is 7.91. The first kappa shape index (κ1) is 18.8. The first-order chi connectivity index (χ1) is 14.6. The minimum Gasteiger partial charge on any atom is -0.380 e. The lowest BCUT2D eigenvalue weighted by atomic mass is 10.0. The van der Waals surface area contributed by atoms with Crippen LogP contribution in [0.3, 0.4) is 0 Å². The van der Waals surface area contributed by atoms with E-state index in [9.17, 15) is 4.79 Å². The maximum Gasteiger partial charge on any atom is 0.249 e. The standard InChI is InChI=1S/C24H24N4O2/c1-15-3-4-16(14-26-15)22-13-21(24(25)29)20-12-17-11-18(5-6-19(17)23(20)27-22)28-7-2-9-30-10-8-28/h3-6,11,13-14H,2,7-10,12H2,1H3,(H2,25,29). The zero-order valence-corrected chi connectivity index (χ0v) is 17.0. The van der Waals surface area contributed by atoms with Gasteiger partial charge < -0.3 is 15.4 Å². The molecule has 1 aromatic carbocycles. The van der Waals surface area contributed by atoms with Crippen LogP contribution in [0.5, 0.6) is 0 Å². The summed E-state index contributed by atoms with van der Waals surface area (Å²) in [5.74, 6) is -0.423. The monoisotopic (exact) mass is 400 g/mol. The molecule has 1 fully saturated rings. The molecule has 1 saturated heterocycles. The molecule has 3 heterocycles. The fourth-order valence-electron chi connectivity index (χ4n) is 4.31. The number of carbonyl (C=O) groups excluding carboxylic acids is 1. The second-order valence-electron chi connectivity index (χ2n) is 7.91. The smallest absolute Gasteiger partial charge is 0.249 e. The highest BCUT2D eigenvalue weighted by molar-refractivity contribution is 5.98. The highest BCUT2D eigenvalue weighted by Gasteiger charge is 2.27. The average molecular weight is 400 g/mol. The third-order valence-electron chi connectivity index (χ3n) is 5.90. The molecule has 6 nitrogen and oxygen atoms in total. The SMILES string of the molecule is Cc1ccc(-c2cc(C(N)=O)c3c(n2)-c2ccc(N4CCCOCC4)cc2C3)cn1. The van der Waals surface area contributed by atoms with Crippen molar-refractivity contribution in [1.82, 2.24) is 9.97 Å². The molecule has 1 amide bonds. The number of anilines is 1. The molecule has 1 aliphatic heterocycles. The van der Waals surface area contributed by atoms with Gasteiger partial charge in [0.2, 0.25) is 5.91 Å². The summed E-state index contributed by atoms with van der Waals surface area (Å²) in [6, 6.07) is 12.2. The summed E-state index contributed by atoms with van der Waals surface area (Å²) in [7, 11) is 0. The Hall–Kier alpha value is -3.25. The van der Waals surface area contributed by atoms with Gasteiger partial charge in [0.25, 0.3) is 0 Å². The summed E-state index contributed by atoms with van der Waals surface area (Å²) in [6.45, 7) is 5.38. The van der Waals surface area contributed by atoms with E-state index in [1.165, 1.54) is 11.3 Å². The van der Waals surface area contributed by atoms with Crippen LogP contribution in [0.25, 0.3) is 22.5 Å². The predicted molar refractivity (Wildman–Crippen MR) is 117 cm³/mol. The van der Waals surface area contributed by atoms with Gasteiger partial charge in [-0.2, -0.15) is 0 Å². The van der Waals surface area contributed by atoms with E-state index in [-0.39, 0.29) is 0 Å². The number of hydrogen-bond acceptors (Lipinski definition) is 5. The van der Waals surface area contributed by atoms with Gasteiger partial charge in [-0.05, 0) is 54.8 Å². The van der Waals surface area contributed by atoms with Gasteiger partial charge in [0, 0.05) is 60.4 Å². The van der Waals surface area contributed by atoms with E-state index < -0.39 is 5.91 Å². The number of carbonyl (C=O) groups is 1. The van der Waals surface area contributed by atoms with Crippen molar-refractivity contribution in [2.45, 2.75) is 19.8 Å². The molecule has 2 N–H and O–H groups in total. The molecular formula is C24H24N4O2. The number of rotatable bonds is 3. The summed E-state index contributed by atoms with van der Waals surface area (Å²) in [5, 5.41) is 0. The Morgan fingerprint density at radius 3 is 2.83 bits per heavy atom. The van der Waals surface area contributed by atoms with Gasteiger partial charge in [-0.25, -0.2) is 4.98 Å². The van der Waals surface area contributed by atoms with Crippen LogP contribution in [0.4, 0.5) is 5.69 Å².